The van der Waals surface area contributed by atoms with Gasteiger partial charge in [0.25, 0.3) is 0 Å². The Balaban J connectivity index is 1.92. The summed E-state index contributed by atoms with van der Waals surface area (Å²) in [5, 5.41) is 12.6. The predicted molar refractivity (Wildman–Crippen MR) is 94.5 cm³/mol. The van der Waals surface area contributed by atoms with Gasteiger partial charge in [0.1, 0.15) is 17.3 Å². The molecule has 0 unspecified atom stereocenters. The Morgan fingerprint density at radius 2 is 1.50 bits per heavy atom. The van der Waals surface area contributed by atoms with Crippen LogP contribution in [0.25, 0.3) is 0 Å². The molecule has 0 aromatic heterocycles. The van der Waals surface area contributed by atoms with Crippen molar-refractivity contribution in [3.63, 3.8) is 0 Å². The Labute approximate surface area is 142 Å². The van der Waals surface area contributed by atoms with E-state index in [0.717, 1.165) is 17.7 Å². The third-order valence-corrected chi connectivity index (χ3v) is 3.86. The standard InChI is InChI=1S/C20H24FNO2/c1-2-3-4-5-6-15-24-19-13-9-17(10-14-19)20(22-23)16-7-11-18(21)12-8-16/h7-14,23H,2-6,15H2,1H3. The fourth-order valence-corrected chi connectivity index (χ4v) is 2.49. The van der Waals surface area contributed by atoms with E-state index in [9.17, 15) is 9.60 Å². The largest absolute Gasteiger partial charge is 0.494 e. The van der Waals surface area contributed by atoms with Gasteiger partial charge >= 0.3 is 0 Å². The van der Waals surface area contributed by atoms with Gasteiger partial charge in [-0.2, -0.15) is 0 Å². The Hall–Kier alpha value is -2.36. The van der Waals surface area contributed by atoms with Crippen molar-refractivity contribution in [2.24, 2.45) is 5.16 Å². The summed E-state index contributed by atoms with van der Waals surface area (Å²) < 4.78 is 18.7. The maximum absolute atomic E-state index is 13.0. The first-order valence-corrected chi connectivity index (χ1v) is 8.46. The highest BCUT2D eigenvalue weighted by Crippen LogP contribution is 2.17. The minimum absolute atomic E-state index is 0.321. The summed E-state index contributed by atoms with van der Waals surface area (Å²) in [5.74, 6) is 0.476. The van der Waals surface area contributed by atoms with Gasteiger partial charge in [0, 0.05) is 11.1 Å². The van der Waals surface area contributed by atoms with Crippen LogP contribution >= 0.6 is 0 Å². The lowest BCUT2D eigenvalue weighted by atomic mass is 10.0. The second-order valence-corrected chi connectivity index (χ2v) is 5.74. The van der Waals surface area contributed by atoms with Crippen molar-refractivity contribution < 1.29 is 14.3 Å². The number of oxime groups is 1. The smallest absolute Gasteiger partial charge is 0.123 e. The molecule has 3 nitrogen and oxygen atoms in total. The lowest BCUT2D eigenvalue weighted by molar-refractivity contribution is 0.304. The Morgan fingerprint density at radius 3 is 2.08 bits per heavy atom. The van der Waals surface area contributed by atoms with E-state index < -0.39 is 0 Å². The molecular weight excluding hydrogens is 305 g/mol. The SMILES string of the molecule is CCCCCCCOc1ccc(C(=NO)c2ccc(F)cc2)cc1. The maximum atomic E-state index is 13.0. The zero-order chi connectivity index (χ0) is 17.2. The van der Waals surface area contributed by atoms with Gasteiger partial charge in [-0.25, -0.2) is 4.39 Å². The first kappa shape index (κ1) is 18.0. The molecule has 0 atom stereocenters. The zero-order valence-corrected chi connectivity index (χ0v) is 14.0. The van der Waals surface area contributed by atoms with Gasteiger partial charge in [0.05, 0.1) is 6.61 Å². The summed E-state index contributed by atoms with van der Waals surface area (Å²) in [5.41, 5.74) is 1.81. The second kappa shape index (κ2) is 9.71. The Bertz CT molecular complexity index is 636. The number of hydrogen-bond donors (Lipinski definition) is 1. The third kappa shape index (κ3) is 5.37. The highest BCUT2D eigenvalue weighted by atomic mass is 19.1. The molecule has 2 aromatic carbocycles. The molecule has 0 aliphatic heterocycles. The Morgan fingerprint density at radius 1 is 0.917 bits per heavy atom. The molecule has 0 saturated carbocycles. The molecule has 2 rings (SSSR count). The molecular formula is C20H24FNO2. The monoisotopic (exact) mass is 329 g/mol. The van der Waals surface area contributed by atoms with Gasteiger partial charge < -0.3 is 9.94 Å². The fraction of sp³-hybridized carbons (Fsp3) is 0.350. The molecule has 4 heteroatoms. The highest BCUT2D eigenvalue weighted by molar-refractivity contribution is 6.12. The van der Waals surface area contributed by atoms with Gasteiger partial charge in [0.15, 0.2) is 0 Å². The van der Waals surface area contributed by atoms with Crippen LogP contribution in [-0.2, 0) is 0 Å². The number of halogens is 1. The summed E-state index contributed by atoms with van der Waals surface area (Å²) in [7, 11) is 0. The average Bonchev–Trinajstić information content (AvgIpc) is 2.61. The molecule has 24 heavy (non-hydrogen) atoms. The lowest BCUT2D eigenvalue weighted by Gasteiger charge is -2.08. The van der Waals surface area contributed by atoms with Gasteiger partial charge in [-0.1, -0.05) is 37.8 Å². The summed E-state index contributed by atoms with van der Waals surface area (Å²) in [4.78, 5) is 0. The molecule has 1 N–H and O–H groups in total. The summed E-state index contributed by atoms with van der Waals surface area (Å²) >= 11 is 0. The lowest BCUT2D eigenvalue weighted by Crippen LogP contribution is -2.04. The van der Waals surface area contributed by atoms with Crippen LogP contribution in [0.15, 0.2) is 53.7 Å². The molecule has 0 spiro atoms. The third-order valence-electron chi connectivity index (χ3n) is 3.86. The normalized spacial score (nSPS) is 11.5. The molecule has 0 radical (unpaired) electrons. The molecule has 0 aliphatic carbocycles. The van der Waals surface area contributed by atoms with Crippen LogP contribution in [0.4, 0.5) is 4.39 Å². The number of rotatable bonds is 9. The van der Waals surface area contributed by atoms with E-state index in [1.54, 1.807) is 12.1 Å². The fourth-order valence-electron chi connectivity index (χ4n) is 2.49. The first-order chi connectivity index (χ1) is 11.7. The van der Waals surface area contributed by atoms with Crippen molar-refractivity contribution in [1.29, 1.82) is 0 Å². The minimum Gasteiger partial charge on any atom is -0.494 e. The van der Waals surface area contributed by atoms with Gasteiger partial charge in [-0.15, -0.1) is 0 Å². The summed E-state index contributed by atoms with van der Waals surface area (Å²) in [6.07, 6.45) is 6.03. The minimum atomic E-state index is -0.321. The van der Waals surface area contributed by atoms with Gasteiger partial charge in [-0.3, -0.25) is 0 Å². The van der Waals surface area contributed by atoms with Crippen LogP contribution in [0.2, 0.25) is 0 Å². The number of nitrogens with zero attached hydrogens (tertiary/aromatic N) is 1. The van der Waals surface area contributed by atoms with E-state index in [2.05, 4.69) is 12.1 Å². The topological polar surface area (TPSA) is 41.8 Å². The van der Waals surface area contributed by atoms with Crippen LogP contribution in [0, 0.1) is 5.82 Å². The highest BCUT2D eigenvalue weighted by Gasteiger charge is 2.08. The predicted octanol–water partition coefficient (Wildman–Crippen LogP) is 5.40. The molecule has 0 heterocycles. The van der Waals surface area contributed by atoms with Crippen LogP contribution in [-0.4, -0.2) is 17.5 Å². The zero-order valence-electron chi connectivity index (χ0n) is 14.0. The van der Waals surface area contributed by atoms with Gasteiger partial charge in [0.2, 0.25) is 0 Å². The van der Waals surface area contributed by atoms with Crippen molar-refractivity contribution in [2.45, 2.75) is 39.0 Å². The van der Waals surface area contributed by atoms with E-state index in [-0.39, 0.29) is 5.82 Å². The van der Waals surface area contributed by atoms with E-state index in [0.29, 0.717) is 17.9 Å². The molecule has 2 aromatic rings. The molecule has 0 aliphatic rings. The van der Waals surface area contributed by atoms with Crippen molar-refractivity contribution in [3.05, 3.63) is 65.5 Å². The van der Waals surface area contributed by atoms with Crippen molar-refractivity contribution in [1.82, 2.24) is 0 Å². The summed E-state index contributed by atoms with van der Waals surface area (Å²) in [6, 6.07) is 13.3. The number of benzene rings is 2. The van der Waals surface area contributed by atoms with E-state index in [1.165, 1.54) is 37.8 Å². The van der Waals surface area contributed by atoms with E-state index in [1.807, 2.05) is 24.3 Å². The molecule has 128 valence electrons. The van der Waals surface area contributed by atoms with Crippen molar-refractivity contribution >= 4 is 5.71 Å². The van der Waals surface area contributed by atoms with Crippen LogP contribution < -0.4 is 4.74 Å². The number of hydrogen-bond acceptors (Lipinski definition) is 3. The molecule has 0 fully saturated rings. The van der Waals surface area contributed by atoms with E-state index in [4.69, 9.17) is 4.74 Å². The van der Waals surface area contributed by atoms with Crippen LogP contribution in [0.1, 0.15) is 50.2 Å². The number of ether oxygens (including phenoxy) is 1. The number of unbranched alkanes of at least 4 members (excludes halogenated alkanes) is 4. The second-order valence-electron chi connectivity index (χ2n) is 5.74. The molecule has 0 amide bonds. The van der Waals surface area contributed by atoms with Crippen molar-refractivity contribution in [3.8, 4) is 5.75 Å². The van der Waals surface area contributed by atoms with Crippen LogP contribution in [0.5, 0.6) is 5.75 Å². The maximum Gasteiger partial charge on any atom is 0.123 e. The molecule has 0 bridgehead atoms. The first-order valence-electron chi connectivity index (χ1n) is 8.46. The quantitative estimate of drug-likeness (QED) is 0.289. The van der Waals surface area contributed by atoms with Crippen LogP contribution in [0.3, 0.4) is 0 Å². The molecule has 0 saturated heterocycles. The Kier molecular flexibility index (Phi) is 7.27. The summed E-state index contributed by atoms with van der Waals surface area (Å²) in [6.45, 7) is 2.91. The van der Waals surface area contributed by atoms with Crippen molar-refractivity contribution in [2.75, 3.05) is 6.61 Å². The average molecular weight is 329 g/mol. The van der Waals surface area contributed by atoms with Gasteiger partial charge in [-0.05, 0) is 55.0 Å². The van der Waals surface area contributed by atoms with E-state index >= 15 is 0 Å².